The topological polar surface area (TPSA) is 57.6 Å². The number of amides is 1. The molecular weight excluding hydrogens is 242 g/mol. The van der Waals surface area contributed by atoms with Crippen molar-refractivity contribution in [2.75, 3.05) is 6.54 Å². The van der Waals surface area contributed by atoms with Gasteiger partial charge in [0.1, 0.15) is 0 Å². The fraction of sp³-hybridized carbons (Fsp3) is 0.733. The Kier molecular flexibility index (Phi) is 4.61. The molecule has 0 aromatic heterocycles. The number of rotatable bonds is 3. The average Bonchev–Trinajstić information content (AvgIpc) is 2.46. The van der Waals surface area contributed by atoms with Crippen LogP contribution in [0.5, 0.6) is 0 Å². The fourth-order valence-corrected chi connectivity index (χ4v) is 3.29. The molecule has 1 saturated heterocycles. The quantitative estimate of drug-likeness (QED) is 0.797. The maximum absolute atomic E-state index is 12.7. The highest BCUT2D eigenvalue weighted by atomic mass is 16.4. The molecule has 0 bridgehead atoms. The molecule has 0 aromatic rings. The minimum atomic E-state index is -0.840. The van der Waals surface area contributed by atoms with E-state index in [2.05, 4.69) is 6.92 Å². The summed E-state index contributed by atoms with van der Waals surface area (Å²) >= 11 is 0. The van der Waals surface area contributed by atoms with Crippen molar-refractivity contribution in [2.45, 2.75) is 51.5 Å². The summed E-state index contributed by atoms with van der Waals surface area (Å²) in [5.74, 6) is -1.69. The van der Waals surface area contributed by atoms with Crippen LogP contribution >= 0.6 is 0 Å². The van der Waals surface area contributed by atoms with Gasteiger partial charge in [0, 0.05) is 12.6 Å². The van der Waals surface area contributed by atoms with Crippen LogP contribution in [0.1, 0.15) is 45.4 Å². The molecule has 0 saturated carbocycles. The van der Waals surface area contributed by atoms with Crippen LogP contribution in [0.15, 0.2) is 12.2 Å². The summed E-state index contributed by atoms with van der Waals surface area (Å²) < 4.78 is 0. The Labute approximate surface area is 114 Å². The van der Waals surface area contributed by atoms with Gasteiger partial charge in [0.15, 0.2) is 0 Å². The van der Waals surface area contributed by atoms with Crippen LogP contribution in [-0.2, 0) is 9.59 Å². The zero-order valence-electron chi connectivity index (χ0n) is 11.5. The van der Waals surface area contributed by atoms with Crippen molar-refractivity contribution in [3.63, 3.8) is 0 Å². The molecule has 0 radical (unpaired) electrons. The summed E-state index contributed by atoms with van der Waals surface area (Å²) in [6.45, 7) is 2.90. The van der Waals surface area contributed by atoms with Crippen molar-refractivity contribution in [1.82, 2.24) is 4.90 Å². The van der Waals surface area contributed by atoms with Gasteiger partial charge in [-0.3, -0.25) is 9.59 Å². The van der Waals surface area contributed by atoms with E-state index in [4.69, 9.17) is 0 Å². The number of aliphatic carboxylic acids is 1. The molecule has 19 heavy (non-hydrogen) atoms. The second-order valence-corrected chi connectivity index (χ2v) is 5.58. The molecule has 1 amide bonds. The number of carbonyl (C=O) groups is 2. The Morgan fingerprint density at radius 1 is 1.21 bits per heavy atom. The van der Waals surface area contributed by atoms with Crippen molar-refractivity contribution < 1.29 is 14.7 Å². The number of hydrogen-bond acceptors (Lipinski definition) is 2. The maximum atomic E-state index is 12.7. The summed E-state index contributed by atoms with van der Waals surface area (Å²) in [5.41, 5.74) is 0. The van der Waals surface area contributed by atoms with Crippen LogP contribution in [0.3, 0.4) is 0 Å². The van der Waals surface area contributed by atoms with Crippen LogP contribution in [0.4, 0.5) is 0 Å². The lowest BCUT2D eigenvalue weighted by atomic mass is 9.81. The van der Waals surface area contributed by atoms with Gasteiger partial charge in [-0.2, -0.15) is 0 Å². The third-order valence-corrected chi connectivity index (χ3v) is 4.45. The second-order valence-electron chi connectivity index (χ2n) is 5.58. The SMILES string of the molecule is CC[C@@H]1CCCCN1C(=O)[C@@H]1CC=CC[C@@H]1C(=O)O. The first-order valence-electron chi connectivity index (χ1n) is 7.33. The molecule has 1 fully saturated rings. The van der Waals surface area contributed by atoms with Crippen molar-refractivity contribution in [1.29, 1.82) is 0 Å². The fourth-order valence-electron chi connectivity index (χ4n) is 3.29. The molecule has 2 aliphatic rings. The summed E-state index contributed by atoms with van der Waals surface area (Å²) in [7, 11) is 0. The zero-order valence-corrected chi connectivity index (χ0v) is 11.5. The van der Waals surface area contributed by atoms with Crippen molar-refractivity contribution in [2.24, 2.45) is 11.8 Å². The number of nitrogens with zero attached hydrogens (tertiary/aromatic N) is 1. The molecule has 1 aliphatic carbocycles. The van der Waals surface area contributed by atoms with Gasteiger partial charge in [-0.15, -0.1) is 0 Å². The minimum Gasteiger partial charge on any atom is -0.481 e. The Hall–Kier alpha value is -1.32. The summed E-state index contributed by atoms with van der Waals surface area (Å²) in [5, 5.41) is 9.27. The number of hydrogen-bond donors (Lipinski definition) is 1. The number of carboxylic acid groups (broad SMARTS) is 1. The number of likely N-dealkylation sites (tertiary alicyclic amines) is 1. The first-order valence-corrected chi connectivity index (χ1v) is 7.33. The largest absolute Gasteiger partial charge is 0.481 e. The molecule has 4 heteroatoms. The molecule has 0 spiro atoms. The molecule has 0 aromatic carbocycles. The second kappa shape index (κ2) is 6.22. The smallest absolute Gasteiger partial charge is 0.307 e. The molecule has 4 nitrogen and oxygen atoms in total. The number of piperidine rings is 1. The third kappa shape index (κ3) is 2.99. The predicted octanol–water partition coefficient (Wildman–Crippen LogP) is 2.44. The monoisotopic (exact) mass is 265 g/mol. The lowest BCUT2D eigenvalue weighted by molar-refractivity contribution is -0.152. The van der Waals surface area contributed by atoms with E-state index in [9.17, 15) is 14.7 Å². The molecule has 106 valence electrons. The summed E-state index contributed by atoms with van der Waals surface area (Å²) in [6, 6.07) is 0.307. The number of allylic oxidation sites excluding steroid dienone is 2. The van der Waals surface area contributed by atoms with Gasteiger partial charge in [0.2, 0.25) is 5.91 Å². The van der Waals surface area contributed by atoms with E-state index >= 15 is 0 Å². The van der Waals surface area contributed by atoms with Gasteiger partial charge in [-0.25, -0.2) is 0 Å². The van der Waals surface area contributed by atoms with Gasteiger partial charge < -0.3 is 10.0 Å². The van der Waals surface area contributed by atoms with Crippen LogP contribution in [0.2, 0.25) is 0 Å². The Bertz CT molecular complexity index is 378. The predicted molar refractivity (Wildman–Crippen MR) is 72.6 cm³/mol. The number of carboxylic acids is 1. The molecule has 0 unspecified atom stereocenters. The van der Waals surface area contributed by atoms with E-state index < -0.39 is 11.9 Å². The van der Waals surface area contributed by atoms with E-state index in [0.717, 1.165) is 25.8 Å². The average molecular weight is 265 g/mol. The van der Waals surface area contributed by atoms with Gasteiger partial charge in [-0.1, -0.05) is 19.1 Å². The van der Waals surface area contributed by atoms with E-state index in [1.54, 1.807) is 0 Å². The van der Waals surface area contributed by atoms with Gasteiger partial charge in [0.25, 0.3) is 0 Å². The van der Waals surface area contributed by atoms with Gasteiger partial charge in [0.05, 0.1) is 11.8 Å². The molecule has 3 atom stereocenters. The highest BCUT2D eigenvalue weighted by Crippen LogP contribution is 2.30. The summed E-state index contributed by atoms with van der Waals surface area (Å²) in [4.78, 5) is 25.9. The zero-order chi connectivity index (χ0) is 13.8. The van der Waals surface area contributed by atoms with Crippen LogP contribution in [-0.4, -0.2) is 34.5 Å². The molecular formula is C15H23NO3. The van der Waals surface area contributed by atoms with Crippen LogP contribution < -0.4 is 0 Å². The molecule has 2 rings (SSSR count). The Balaban J connectivity index is 2.12. The lowest BCUT2D eigenvalue weighted by Gasteiger charge is -2.39. The maximum Gasteiger partial charge on any atom is 0.307 e. The third-order valence-electron chi connectivity index (χ3n) is 4.45. The Morgan fingerprint density at radius 2 is 1.89 bits per heavy atom. The normalized spacial score (nSPS) is 31.2. The van der Waals surface area contributed by atoms with Gasteiger partial charge >= 0.3 is 5.97 Å². The number of carbonyl (C=O) groups excluding carboxylic acids is 1. The highest BCUT2D eigenvalue weighted by Gasteiger charge is 2.38. The van der Waals surface area contributed by atoms with Crippen molar-refractivity contribution in [3.8, 4) is 0 Å². The molecule has 1 aliphatic heterocycles. The first-order chi connectivity index (χ1) is 9.15. The van der Waals surface area contributed by atoms with E-state index in [0.29, 0.717) is 18.9 Å². The van der Waals surface area contributed by atoms with E-state index in [1.165, 1.54) is 6.42 Å². The Morgan fingerprint density at radius 3 is 2.53 bits per heavy atom. The lowest BCUT2D eigenvalue weighted by Crippen LogP contribution is -2.48. The van der Waals surface area contributed by atoms with E-state index in [1.807, 2.05) is 17.1 Å². The minimum absolute atomic E-state index is 0.0586. The summed E-state index contributed by atoms with van der Waals surface area (Å²) in [6.07, 6.45) is 9.13. The van der Waals surface area contributed by atoms with Crippen LogP contribution in [0, 0.1) is 11.8 Å². The van der Waals surface area contributed by atoms with Crippen molar-refractivity contribution >= 4 is 11.9 Å². The molecule has 1 N–H and O–H groups in total. The first kappa shape index (κ1) is 14.1. The van der Waals surface area contributed by atoms with Crippen LogP contribution in [0.25, 0.3) is 0 Å². The highest BCUT2D eigenvalue weighted by molar-refractivity contribution is 5.85. The van der Waals surface area contributed by atoms with Gasteiger partial charge in [-0.05, 0) is 38.5 Å². The van der Waals surface area contributed by atoms with Crippen molar-refractivity contribution in [3.05, 3.63) is 12.2 Å². The standard InChI is InChI=1S/C15H23NO3/c1-2-11-7-5-6-10-16(11)14(17)12-8-3-4-9-13(12)15(18)19/h3-4,11-13H,2,5-10H2,1H3,(H,18,19)/t11-,12-,13+/m1/s1. The molecule has 1 heterocycles. The van der Waals surface area contributed by atoms with E-state index in [-0.39, 0.29) is 11.8 Å².